The van der Waals surface area contributed by atoms with E-state index in [9.17, 15) is 4.79 Å². The zero-order valence-corrected chi connectivity index (χ0v) is 15.2. The molecular formula is C20H23N5O. The molecule has 134 valence electrons. The van der Waals surface area contributed by atoms with Gasteiger partial charge in [0.25, 0.3) is 5.91 Å². The monoisotopic (exact) mass is 349 g/mol. The SMILES string of the molecule is Cc1cc(N2CCCN(C(=O)c3ccc4ccn(C)c4n3)CC2)ccn1. The fourth-order valence-corrected chi connectivity index (χ4v) is 3.52. The van der Waals surface area contributed by atoms with Gasteiger partial charge < -0.3 is 14.4 Å². The van der Waals surface area contributed by atoms with Crippen LogP contribution in [0.2, 0.25) is 0 Å². The van der Waals surface area contributed by atoms with Crippen LogP contribution in [0, 0.1) is 6.92 Å². The predicted octanol–water partition coefficient (Wildman–Crippen LogP) is 2.63. The van der Waals surface area contributed by atoms with E-state index in [1.54, 1.807) is 0 Å². The molecule has 0 spiro atoms. The zero-order valence-electron chi connectivity index (χ0n) is 15.2. The molecule has 0 N–H and O–H groups in total. The molecule has 0 aliphatic carbocycles. The maximum absolute atomic E-state index is 13.0. The van der Waals surface area contributed by atoms with E-state index in [1.165, 1.54) is 5.69 Å². The second kappa shape index (κ2) is 6.78. The van der Waals surface area contributed by atoms with E-state index in [0.29, 0.717) is 12.2 Å². The molecule has 1 saturated heterocycles. The Bertz CT molecular complexity index is 948. The number of anilines is 1. The Labute approximate surface area is 153 Å². The number of amides is 1. The first-order chi connectivity index (χ1) is 12.6. The molecule has 3 aromatic rings. The van der Waals surface area contributed by atoms with Crippen molar-refractivity contribution in [1.29, 1.82) is 0 Å². The molecule has 1 aliphatic heterocycles. The van der Waals surface area contributed by atoms with E-state index in [-0.39, 0.29) is 5.91 Å². The van der Waals surface area contributed by atoms with Crippen molar-refractivity contribution in [2.75, 3.05) is 31.1 Å². The summed E-state index contributed by atoms with van der Waals surface area (Å²) in [5.41, 5.74) is 3.56. The Morgan fingerprint density at radius 2 is 1.96 bits per heavy atom. The summed E-state index contributed by atoms with van der Waals surface area (Å²) in [5.74, 6) is 0.0147. The number of hydrogen-bond acceptors (Lipinski definition) is 4. The molecule has 4 rings (SSSR count). The van der Waals surface area contributed by atoms with Crippen molar-refractivity contribution in [3.05, 3.63) is 54.1 Å². The molecular weight excluding hydrogens is 326 g/mol. The third-order valence-corrected chi connectivity index (χ3v) is 4.96. The van der Waals surface area contributed by atoms with Crippen LogP contribution in [0.15, 0.2) is 42.7 Å². The third kappa shape index (κ3) is 3.14. The Kier molecular flexibility index (Phi) is 4.32. The highest BCUT2D eigenvalue weighted by atomic mass is 16.2. The number of hydrogen-bond donors (Lipinski definition) is 0. The van der Waals surface area contributed by atoms with Crippen LogP contribution < -0.4 is 4.90 Å². The first-order valence-electron chi connectivity index (χ1n) is 9.01. The minimum absolute atomic E-state index is 0.0147. The van der Waals surface area contributed by atoms with Gasteiger partial charge in [-0.15, -0.1) is 0 Å². The zero-order chi connectivity index (χ0) is 18.1. The first-order valence-corrected chi connectivity index (χ1v) is 9.01. The molecule has 0 bridgehead atoms. The Hall–Kier alpha value is -2.89. The molecule has 6 nitrogen and oxygen atoms in total. The van der Waals surface area contributed by atoms with Crippen LogP contribution in [-0.4, -0.2) is 51.5 Å². The summed E-state index contributed by atoms with van der Waals surface area (Å²) in [6.45, 7) is 5.22. The predicted molar refractivity (Wildman–Crippen MR) is 102 cm³/mol. The normalized spacial score (nSPS) is 15.3. The molecule has 0 aromatic carbocycles. The summed E-state index contributed by atoms with van der Waals surface area (Å²) < 4.78 is 1.95. The highest BCUT2D eigenvalue weighted by Crippen LogP contribution is 2.18. The van der Waals surface area contributed by atoms with Gasteiger partial charge in [-0.3, -0.25) is 9.78 Å². The quantitative estimate of drug-likeness (QED) is 0.714. The lowest BCUT2D eigenvalue weighted by Gasteiger charge is -2.23. The lowest BCUT2D eigenvalue weighted by Crippen LogP contribution is -2.35. The number of pyridine rings is 2. The van der Waals surface area contributed by atoms with Crippen molar-refractivity contribution >= 4 is 22.6 Å². The second-order valence-electron chi connectivity index (χ2n) is 6.82. The fourth-order valence-electron chi connectivity index (χ4n) is 3.52. The third-order valence-electron chi connectivity index (χ3n) is 4.96. The average molecular weight is 349 g/mol. The van der Waals surface area contributed by atoms with Gasteiger partial charge in [-0.25, -0.2) is 4.98 Å². The minimum atomic E-state index is 0.0147. The van der Waals surface area contributed by atoms with E-state index < -0.39 is 0 Å². The van der Waals surface area contributed by atoms with Gasteiger partial charge >= 0.3 is 0 Å². The number of aromatic nitrogens is 3. The van der Waals surface area contributed by atoms with Crippen molar-refractivity contribution in [2.24, 2.45) is 7.05 Å². The van der Waals surface area contributed by atoms with Crippen molar-refractivity contribution in [3.63, 3.8) is 0 Å². The van der Waals surface area contributed by atoms with E-state index in [2.05, 4.69) is 20.9 Å². The van der Waals surface area contributed by atoms with Crippen molar-refractivity contribution < 1.29 is 4.79 Å². The van der Waals surface area contributed by atoms with Crippen LogP contribution in [0.5, 0.6) is 0 Å². The molecule has 4 heterocycles. The largest absolute Gasteiger partial charge is 0.370 e. The highest BCUT2D eigenvalue weighted by molar-refractivity contribution is 5.94. The molecule has 26 heavy (non-hydrogen) atoms. The standard InChI is InChI=1S/C20H23N5O/c1-15-14-17(6-8-21-15)24-9-3-10-25(13-12-24)20(26)18-5-4-16-7-11-23(2)19(16)22-18/h4-8,11,14H,3,9-10,12-13H2,1-2H3. The van der Waals surface area contributed by atoms with Gasteiger partial charge in [0, 0.05) is 62.4 Å². The van der Waals surface area contributed by atoms with Crippen LogP contribution in [0.4, 0.5) is 5.69 Å². The van der Waals surface area contributed by atoms with Crippen LogP contribution >= 0.6 is 0 Å². The molecule has 1 amide bonds. The molecule has 0 radical (unpaired) electrons. The molecule has 3 aromatic heterocycles. The minimum Gasteiger partial charge on any atom is -0.370 e. The van der Waals surface area contributed by atoms with Crippen LogP contribution in [-0.2, 0) is 7.05 Å². The maximum atomic E-state index is 13.0. The van der Waals surface area contributed by atoms with Crippen molar-refractivity contribution in [2.45, 2.75) is 13.3 Å². The molecule has 0 saturated carbocycles. The summed E-state index contributed by atoms with van der Waals surface area (Å²) >= 11 is 0. The van der Waals surface area contributed by atoms with Crippen molar-refractivity contribution in [3.8, 4) is 0 Å². The number of fused-ring (bicyclic) bond motifs is 1. The summed E-state index contributed by atoms with van der Waals surface area (Å²) in [5, 5.41) is 1.05. The van der Waals surface area contributed by atoms with Crippen LogP contribution in [0.25, 0.3) is 11.0 Å². The lowest BCUT2D eigenvalue weighted by molar-refractivity contribution is 0.0761. The fraction of sp³-hybridized carbons (Fsp3) is 0.350. The summed E-state index contributed by atoms with van der Waals surface area (Å²) in [6, 6.07) is 9.95. The number of carbonyl (C=O) groups excluding carboxylic acids is 1. The van der Waals surface area contributed by atoms with Gasteiger partial charge in [-0.2, -0.15) is 0 Å². The Morgan fingerprint density at radius 3 is 2.81 bits per heavy atom. The van der Waals surface area contributed by atoms with E-state index in [4.69, 9.17) is 0 Å². The number of aryl methyl sites for hydroxylation is 2. The van der Waals surface area contributed by atoms with Gasteiger partial charge in [-0.1, -0.05) is 0 Å². The second-order valence-corrected chi connectivity index (χ2v) is 6.82. The van der Waals surface area contributed by atoms with Gasteiger partial charge in [0.2, 0.25) is 0 Å². The topological polar surface area (TPSA) is 54.3 Å². The summed E-state index contributed by atoms with van der Waals surface area (Å²) in [4.78, 5) is 26.0. The van der Waals surface area contributed by atoms with Gasteiger partial charge in [-0.05, 0) is 43.7 Å². The number of rotatable bonds is 2. The molecule has 0 atom stereocenters. The van der Waals surface area contributed by atoms with E-state index in [0.717, 1.165) is 42.8 Å². The van der Waals surface area contributed by atoms with Gasteiger partial charge in [0.05, 0.1) is 0 Å². The van der Waals surface area contributed by atoms with E-state index in [1.807, 2.05) is 60.1 Å². The molecule has 0 unspecified atom stereocenters. The smallest absolute Gasteiger partial charge is 0.272 e. The van der Waals surface area contributed by atoms with Gasteiger partial charge in [0.1, 0.15) is 11.3 Å². The van der Waals surface area contributed by atoms with Crippen LogP contribution in [0.1, 0.15) is 22.6 Å². The molecule has 1 fully saturated rings. The number of carbonyl (C=O) groups is 1. The number of nitrogens with zero attached hydrogens (tertiary/aromatic N) is 5. The van der Waals surface area contributed by atoms with Gasteiger partial charge in [0.15, 0.2) is 0 Å². The lowest BCUT2D eigenvalue weighted by atomic mass is 10.2. The van der Waals surface area contributed by atoms with E-state index >= 15 is 0 Å². The Balaban J connectivity index is 1.51. The Morgan fingerprint density at radius 1 is 1.08 bits per heavy atom. The first kappa shape index (κ1) is 16.6. The average Bonchev–Trinajstić information content (AvgIpc) is 2.87. The summed E-state index contributed by atoms with van der Waals surface area (Å²) in [6.07, 6.45) is 4.75. The maximum Gasteiger partial charge on any atom is 0.272 e. The summed E-state index contributed by atoms with van der Waals surface area (Å²) in [7, 11) is 1.95. The molecule has 1 aliphatic rings. The van der Waals surface area contributed by atoms with Crippen molar-refractivity contribution in [1.82, 2.24) is 19.4 Å². The highest BCUT2D eigenvalue weighted by Gasteiger charge is 2.22. The van der Waals surface area contributed by atoms with Crippen LogP contribution in [0.3, 0.4) is 0 Å². The molecule has 6 heteroatoms.